The topological polar surface area (TPSA) is 65.4 Å². The Morgan fingerprint density at radius 2 is 1.61 bits per heavy atom. The fourth-order valence-electron chi connectivity index (χ4n) is 3.69. The zero-order valence-electron chi connectivity index (χ0n) is 18.0. The number of nitrogens with one attached hydrogen (secondary N) is 2. The first kappa shape index (κ1) is 20.9. The van der Waals surface area contributed by atoms with Crippen molar-refractivity contribution in [3.05, 3.63) is 82.7 Å². The third-order valence-electron chi connectivity index (χ3n) is 5.23. The lowest BCUT2D eigenvalue weighted by atomic mass is 10.0. The summed E-state index contributed by atoms with van der Waals surface area (Å²) < 4.78 is 0. The van der Waals surface area contributed by atoms with Crippen LogP contribution in [-0.2, 0) is 13.0 Å². The highest BCUT2D eigenvalue weighted by atomic mass is 32.1. The fourth-order valence-corrected chi connectivity index (χ4v) is 3.88. The molecule has 0 unspecified atom stereocenters. The van der Waals surface area contributed by atoms with Crippen molar-refractivity contribution >= 4 is 34.9 Å². The molecule has 0 radical (unpaired) electrons. The van der Waals surface area contributed by atoms with Gasteiger partial charge >= 0.3 is 0 Å². The van der Waals surface area contributed by atoms with Crippen molar-refractivity contribution in [2.45, 2.75) is 33.7 Å². The van der Waals surface area contributed by atoms with Crippen LogP contribution in [-0.4, -0.2) is 32.5 Å². The minimum absolute atomic E-state index is 0.389. The quantitative estimate of drug-likeness (QED) is 0.351. The number of hydrogen-bond donors (Lipinski definition) is 2. The Balaban J connectivity index is 1.62. The number of fused-ring (bicyclic) bond motifs is 1. The van der Waals surface area contributed by atoms with Gasteiger partial charge in [-0.25, -0.2) is 9.97 Å². The van der Waals surface area contributed by atoms with E-state index in [0.717, 1.165) is 42.1 Å². The highest BCUT2D eigenvalue weighted by Crippen LogP contribution is 2.20. The number of para-hydroxylation sites is 1. The Morgan fingerprint density at radius 3 is 2.35 bits per heavy atom. The summed E-state index contributed by atoms with van der Waals surface area (Å²) in [5.41, 5.74) is 6.53. The third-order valence-corrected chi connectivity index (χ3v) is 5.42. The van der Waals surface area contributed by atoms with Gasteiger partial charge in [0.25, 0.3) is 0 Å². The van der Waals surface area contributed by atoms with E-state index in [1.165, 1.54) is 11.1 Å². The summed E-state index contributed by atoms with van der Waals surface area (Å²) in [6.45, 7) is 7.54. The molecular weight excluding hydrogens is 404 g/mol. The molecule has 0 bridgehead atoms. The van der Waals surface area contributed by atoms with Gasteiger partial charge in [0.2, 0.25) is 17.0 Å². The molecule has 0 saturated heterocycles. The fraction of sp³-hybridized carbons (Fsp3) is 0.250. The van der Waals surface area contributed by atoms with E-state index in [1.807, 2.05) is 51.1 Å². The molecule has 6 nitrogen and oxygen atoms in total. The average Bonchev–Trinajstić information content (AvgIpc) is 2.74. The van der Waals surface area contributed by atoms with Crippen LogP contribution < -0.4 is 10.6 Å². The molecule has 2 aromatic carbocycles. The van der Waals surface area contributed by atoms with Crippen molar-refractivity contribution in [3.8, 4) is 0 Å². The minimum Gasteiger partial charge on any atom is -0.338 e. The van der Waals surface area contributed by atoms with Crippen LogP contribution in [0.4, 0.5) is 11.6 Å². The summed E-state index contributed by atoms with van der Waals surface area (Å²) in [6, 6.07) is 18.5. The average molecular weight is 431 g/mol. The number of thiocarbonyl (C=S) groups is 1. The molecule has 1 aliphatic heterocycles. The summed E-state index contributed by atoms with van der Waals surface area (Å²) in [4.78, 5) is 16.0. The molecule has 0 spiro atoms. The number of anilines is 2. The molecule has 1 aromatic heterocycles. The number of aryl methyl sites for hydroxylation is 3. The summed E-state index contributed by atoms with van der Waals surface area (Å²) in [5, 5.41) is 6.95. The second-order valence-electron chi connectivity index (χ2n) is 7.72. The van der Waals surface area contributed by atoms with Gasteiger partial charge in [-0.15, -0.1) is 0 Å². The maximum Gasteiger partial charge on any atom is 0.229 e. The SMILES string of the molecule is Cc1cc(C)nc(N/C(=N/C(=S)Nc2ccccc2C)N2CCc3ccccc3C2)n1. The van der Waals surface area contributed by atoms with Gasteiger partial charge in [0.05, 0.1) is 0 Å². The van der Waals surface area contributed by atoms with Gasteiger partial charge in [0.15, 0.2) is 0 Å². The van der Waals surface area contributed by atoms with Crippen molar-refractivity contribution in [2.24, 2.45) is 4.99 Å². The molecule has 0 amide bonds. The molecule has 31 heavy (non-hydrogen) atoms. The summed E-state index contributed by atoms with van der Waals surface area (Å²) in [6.07, 6.45) is 0.947. The normalized spacial score (nSPS) is 13.5. The number of aliphatic imine (C=N–C) groups is 1. The molecule has 2 heterocycles. The molecule has 158 valence electrons. The lowest BCUT2D eigenvalue weighted by Gasteiger charge is -2.31. The van der Waals surface area contributed by atoms with Gasteiger partial charge in [0.1, 0.15) is 0 Å². The van der Waals surface area contributed by atoms with Gasteiger partial charge in [-0.1, -0.05) is 42.5 Å². The molecular formula is C24H26N6S. The molecule has 2 N–H and O–H groups in total. The van der Waals surface area contributed by atoms with Crippen LogP contribution in [0.5, 0.6) is 0 Å². The molecule has 0 fully saturated rings. The molecule has 0 aliphatic carbocycles. The first-order valence-corrected chi connectivity index (χ1v) is 10.7. The summed E-state index contributed by atoms with van der Waals surface area (Å²) >= 11 is 5.58. The largest absolute Gasteiger partial charge is 0.338 e. The van der Waals surface area contributed by atoms with E-state index in [4.69, 9.17) is 17.2 Å². The molecule has 1 aliphatic rings. The minimum atomic E-state index is 0.389. The predicted octanol–water partition coefficient (Wildman–Crippen LogP) is 4.63. The summed E-state index contributed by atoms with van der Waals surface area (Å²) in [5.74, 6) is 1.17. The lowest BCUT2D eigenvalue weighted by molar-refractivity contribution is 0.393. The van der Waals surface area contributed by atoms with E-state index in [2.05, 4.69) is 49.8 Å². The molecule has 0 saturated carbocycles. The molecule has 3 aromatic rings. The number of hydrogen-bond acceptors (Lipinski definition) is 3. The van der Waals surface area contributed by atoms with Crippen LogP contribution in [0.2, 0.25) is 0 Å². The van der Waals surface area contributed by atoms with Crippen molar-refractivity contribution in [3.63, 3.8) is 0 Å². The maximum atomic E-state index is 5.58. The first-order valence-electron chi connectivity index (χ1n) is 10.3. The maximum absolute atomic E-state index is 5.58. The van der Waals surface area contributed by atoms with Crippen molar-refractivity contribution in [2.75, 3.05) is 17.2 Å². The second kappa shape index (κ2) is 9.22. The zero-order chi connectivity index (χ0) is 21.8. The van der Waals surface area contributed by atoms with Gasteiger partial charge in [0, 0.05) is 30.2 Å². The standard InChI is InChI=1S/C24H26N6S/c1-16-8-4-7-11-21(16)27-24(31)29-23(28-22-25-17(2)14-18(3)26-22)30-13-12-19-9-5-6-10-20(19)15-30/h4-11,14H,12-13,15H2,1-3H3,(H2,25,26,27,28,29,31). The molecule has 4 rings (SSSR count). The van der Waals surface area contributed by atoms with Crippen LogP contribution in [0.25, 0.3) is 0 Å². The highest BCUT2D eigenvalue weighted by Gasteiger charge is 2.20. The van der Waals surface area contributed by atoms with Crippen LogP contribution in [0.15, 0.2) is 59.6 Å². The lowest BCUT2D eigenvalue weighted by Crippen LogP contribution is -2.41. The van der Waals surface area contributed by atoms with Gasteiger partial charge < -0.3 is 10.2 Å². The molecule has 0 atom stereocenters. The number of rotatable bonds is 2. The van der Waals surface area contributed by atoms with E-state index in [1.54, 1.807) is 0 Å². The Bertz CT molecular complexity index is 1120. The Kier molecular flexibility index (Phi) is 6.23. The number of aromatic nitrogens is 2. The number of benzene rings is 2. The van der Waals surface area contributed by atoms with Crippen molar-refractivity contribution < 1.29 is 0 Å². The van der Waals surface area contributed by atoms with Crippen LogP contribution >= 0.6 is 12.2 Å². The van der Waals surface area contributed by atoms with Crippen LogP contribution in [0.3, 0.4) is 0 Å². The monoisotopic (exact) mass is 430 g/mol. The van der Waals surface area contributed by atoms with Gasteiger partial charge in [-0.3, -0.25) is 5.32 Å². The van der Waals surface area contributed by atoms with E-state index >= 15 is 0 Å². The summed E-state index contributed by atoms with van der Waals surface area (Å²) in [7, 11) is 0. The van der Waals surface area contributed by atoms with Gasteiger partial charge in [-0.05, 0) is 68.2 Å². The highest BCUT2D eigenvalue weighted by molar-refractivity contribution is 7.80. The first-order chi connectivity index (χ1) is 15.0. The molecule has 7 heteroatoms. The van der Waals surface area contributed by atoms with E-state index in [9.17, 15) is 0 Å². The Morgan fingerprint density at radius 1 is 0.935 bits per heavy atom. The van der Waals surface area contributed by atoms with E-state index in [0.29, 0.717) is 17.0 Å². The number of nitrogens with zero attached hydrogens (tertiary/aromatic N) is 4. The second-order valence-corrected chi connectivity index (χ2v) is 8.11. The number of guanidine groups is 1. The predicted molar refractivity (Wildman–Crippen MR) is 131 cm³/mol. The third kappa shape index (κ3) is 5.24. The zero-order valence-corrected chi connectivity index (χ0v) is 18.8. The van der Waals surface area contributed by atoms with Crippen LogP contribution in [0.1, 0.15) is 28.1 Å². The Hall–Kier alpha value is -3.32. The van der Waals surface area contributed by atoms with E-state index < -0.39 is 0 Å². The van der Waals surface area contributed by atoms with E-state index in [-0.39, 0.29) is 0 Å². The Labute approximate surface area is 188 Å². The van der Waals surface area contributed by atoms with Crippen molar-refractivity contribution in [1.82, 2.24) is 14.9 Å². The van der Waals surface area contributed by atoms with Gasteiger partial charge in [-0.2, -0.15) is 4.99 Å². The van der Waals surface area contributed by atoms with Crippen LogP contribution in [0, 0.1) is 20.8 Å². The van der Waals surface area contributed by atoms with Crippen molar-refractivity contribution in [1.29, 1.82) is 0 Å². The smallest absolute Gasteiger partial charge is 0.229 e.